The highest BCUT2D eigenvalue weighted by atomic mass is 79.9. The number of ether oxygens (including phenoxy) is 2. The van der Waals surface area contributed by atoms with Crippen LogP contribution in [0.3, 0.4) is 0 Å². The van der Waals surface area contributed by atoms with Crippen molar-refractivity contribution in [1.29, 1.82) is 0 Å². The second-order valence-electron chi connectivity index (χ2n) is 6.89. The fourth-order valence-corrected chi connectivity index (χ4v) is 4.60. The maximum Gasteiger partial charge on any atom is 0.301 e. The SMILES string of the molecule is O=C1C(=O)N(c2nccs2)C(c2ccc(Br)cc2)C1=C(O)c1ccc2c(c1)OCCO2. The van der Waals surface area contributed by atoms with Crippen LogP contribution in [0, 0.1) is 0 Å². The van der Waals surface area contributed by atoms with Gasteiger partial charge in [0.2, 0.25) is 0 Å². The highest BCUT2D eigenvalue weighted by molar-refractivity contribution is 9.10. The van der Waals surface area contributed by atoms with Gasteiger partial charge in [0, 0.05) is 21.6 Å². The average Bonchev–Trinajstić information content (AvgIpc) is 3.40. The van der Waals surface area contributed by atoms with Crippen LogP contribution in [-0.2, 0) is 9.59 Å². The number of anilines is 1. The third-order valence-electron chi connectivity index (χ3n) is 5.07. The summed E-state index contributed by atoms with van der Waals surface area (Å²) in [4.78, 5) is 31.6. The first kappa shape index (κ1) is 19.8. The molecule has 3 aromatic rings. The van der Waals surface area contributed by atoms with Crippen molar-refractivity contribution < 1.29 is 24.2 Å². The topological polar surface area (TPSA) is 89.0 Å². The Morgan fingerprint density at radius 1 is 1.10 bits per heavy atom. The van der Waals surface area contributed by atoms with E-state index < -0.39 is 17.7 Å². The molecule has 0 aliphatic carbocycles. The molecule has 5 rings (SSSR count). The number of hydrogen-bond donors (Lipinski definition) is 1. The van der Waals surface area contributed by atoms with Gasteiger partial charge < -0.3 is 14.6 Å². The van der Waals surface area contributed by atoms with Crippen LogP contribution >= 0.6 is 27.3 Å². The Morgan fingerprint density at radius 2 is 1.84 bits per heavy atom. The van der Waals surface area contributed by atoms with Crippen LogP contribution in [0.1, 0.15) is 17.2 Å². The lowest BCUT2D eigenvalue weighted by Gasteiger charge is -2.23. The van der Waals surface area contributed by atoms with Crippen LogP contribution in [0.2, 0.25) is 0 Å². The number of fused-ring (bicyclic) bond motifs is 1. The number of aliphatic hydroxyl groups is 1. The molecule has 31 heavy (non-hydrogen) atoms. The monoisotopic (exact) mass is 498 g/mol. The van der Waals surface area contributed by atoms with Gasteiger partial charge in [-0.2, -0.15) is 0 Å². The molecule has 0 spiro atoms. The maximum absolute atomic E-state index is 13.1. The number of Topliss-reactive ketones (excluding diaryl/α,β-unsaturated/α-hetero) is 1. The Labute approximate surface area is 189 Å². The van der Waals surface area contributed by atoms with Crippen molar-refractivity contribution in [3.63, 3.8) is 0 Å². The van der Waals surface area contributed by atoms with E-state index in [-0.39, 0.29) is 11.3 Å². The minimum Gasteiger partial charge on any atom is -0.507 e. The van der Waals surface area contributed by atoms with E-state index in [2.05, 4.69) is 20.9 Å². The van der Waals surface area contributed by atoms with Gasteiger partial charge in [0.05, 0.1) is 11.6 Å². The minimum atomic E-state index is -0.813. The van der Waals surface area contributed by atoms with Crippen molar-refractivity contribution >= 4 is 49.8 Å². The third-order valence-corrected chi connectivity index (χ3v) is 6.37. The van der Waals surface area contributed by atoms with Crippen LogP contribution in [0.4, 0.5) is 5.13 Å². The van der Waals surface area contributed by atoms with E-state index >= 15 is 0 Å². The number of carbonyl (C=O) groups is 2. The Balaban J connectivity index is 1.68. The molecular formula is C22H15BrN2O5S. The van der Waals surface area contributed by atoms with Gasteiger partial charge in [-0.05, 0) is 35.9 Å². The zero-order chi connectivity index (χ0) is 21.5. The molecule has 2 aromatic carbocycles. The summed E-state index contributed by atoms with van der Waals surface area (Å²) in [5, 5.41) is 13.3. The molecule has 9 heteroatoms. The molecule has 1 saturated heterocycles. The van der Waals surface area contributed by atoms with Crippen molar-refractivity contribution in [2.24, 2.45) is 0 Å². The summed E-state index contributed by atoms with van der Waals surface area (Å²) in [6.45, 7) is 0.839. The summed E-state index contributed by atoms with van der Waals surface area (Å²) in [6.07, 6.45) is 1.57. The van der Waals surface area contributed by atoms with Crippen molar-refractivity contribution in [3.05, 3.63) is 75.2 Å². The zero-order valence-corrected chi connectivity index (χ0v) is 18.4. The predicted octanol–water partition coefficient (Wildman–Crippen LogP) is 4.30. The van der Waals surface area contributed by atoms with E-state index in [0.717, 1.165) is 4.47 Å². The lowest BCUT2D eigenvalue weighted by Crippen LogP contribution is -2.29. The molecular weight excluding hydrogens is 484 g/mol. The van der Waals surface area contributed by atoms with E-state index in [4.69, 9.17) is 9.47 Å². The first-order chi connectivity index (χ1) is 15.0. The van der Waals surface area contributed by atoms with E-state index in [0.29, 0.717) is 41.0 Å². The number of aliphatic hydroxyl groups excluding tert-OH is 1. The summed E-state index contributed by atoms with van der Waals surface area (Å²) in [7, 11) is 0. The van der Waals surface area contributed by atoms with Gasteiger partial charge in [-0.15, -0.1) is 11.3 Å². The fourth-order valence-electron chi connectivity index (χ4n) is 3.67. The number of benzene rings is 2. The lowest BCUT2D eigenvalue weighted by molar-refractivity contribution is -0.132. The molecule has 2 aliphatic heterocycles. The van der Waals surface area contributed by atoms with Crippen molar-refractivity contribution in [3.8, 4) is 11.5 Å². The number of nitrogens with zero attached hydrogens (tertiary/aromatic N) is 2. The largest absolute Gasteiger partial charge is 0.507 e. The molecule has 1 unspecified atom stereocenters. The van der Waals surface area contributed by atoms with Gasteiger partial charge in [0.25, 0.3) is 5.78 Å². The van der Waals surface area contributed by atoms with E-state index in [9.17, 15) is 14.7 Å². The lowest BCUT2D eigenvalue weighted by atomic mass is 9.95. The van der Waals surface area contributed by atoms with Crippen LogP contribution in [-0.4, -0.2) is 35.0 Å². The quantitative estimate of drug-likeness (QED) is 0.329. The van der Waals surface area contributed by atoms with E-state index in [1.807, 2.05) is 12.1 Å². The van der Waals surface area contributed by atoms with Gasteiger partial charge in [0.1, 0.15) is 19.0 Å². The highest BCUT2D eigenvalue weighted by Gasteiger charge is 2.48. The van der Waals surface area contributed by atoms with Gasteiger partial charge in [-0.3, -0.25) is 14.5 Å². The Morgan fingerprint density at radius 3 is 2.55 bits per heavy atom. The second kappa shape index (κ2) is 7.82. The van der Waals surface area contributed by atoms with E-state index in [1.165, 1.54) is 16.2 Å². The molecule has 1 atom stereocenters. The third kappa shape index (κ3) is 3.39. The van der Waals surface area contributed by atoms with Crippen LogP contribution in [0.15, 0.2) is 64.1 Å². The number of halogens is 1. The zero-order valence-electron chi connectivity index (χ0n) is 15.9. The van der Waals surface area contributed by atoms with Crippen molar-refractivity contribution in [1.82, 2.24) is 4.98 Å². The number of aromatic nitrogens is 1. The standard InChI is InChI=1S/C22H15BrN2O5S/c23-14-4-1-12(2-5-14)18-17(20(27)21(28)25(18)22-24-7-10-31-22)19(26)13-3-6-15-16(11-13)30-9-8-29-15/h1-7,10-11,18,26H,8-9H2. The summed E-state index contributed by atoms with van der Waals surface area (Å²) in [5.41, 5.74) is 1.04. The number of amides is 1. The molecule has 3 heterocycles. The fraction of sp³-hybridized carbons (Fsp3) is 0.136. The number of hydrogen-bond acceptors (Lipinski definition) is 7. The molecule has 1 fully saturated rings. The smallest absolute Gasteiger partial charge is 0.301 e. The molecule has 156 valence electrons. The first-order valence-corrected chi connectivity index (χ1v) is 11.1. The van der Waals surface area contributed by atoms with Gasteiger partial charge in [0.15, 0.2) is 16.6 Å². The summed E-state index contributed by atoms with van der Waals surface area (Å²) < 4.78 is 12.0. The Kier molecular flexibility index (Phi) is 4.99. The van der Waals surface area contributed by atoms with Gasteiger partial charge in [-0.1, -0.05) is 28.1 Å². The Hall–Kier alpha value is -3.17. The summed E-state index contributed by atoms with van der Waals surface area (Å²) in [5.74, 6) is -0.736. The number of ketones is 1. The van der Waals surface area contributed by atoms with Crippen LogP contribution in [0.25, 0.3) is 5.76 Å². The average molecular weight is 499 g/mol. The molecule has 0 bridgehead atoms. The minimum absolute atomic E-state index is 0.000741. The molecule has 7 nitrogen and oxygen atoms in total. The predicted molar refractivity (Wildman–Crippen MR) is 118 cm³/mol. The van der Waals surface area contributed by atoms with Crippen LogP contribution in [0.5, 0.6) is 11.5 Å². The molecule has 1 amide bonds. The number of rotatable bonds is 3. The first-order valence-electron chi connectivity index (χ1n) is 9.40. The molecule has 1 aromatic heterocycles. The van der Waals surface area contributed by atoms with E-state index in [1.54, 1.807) is 41.9 Å². The maximum atomic E-state index is 13.1. The highest BCUT2D eigenvalue weighted by Crippen LogP contribution is 2.43. The summed E-state index contributed by atoms with van der Waals surface area (Å²) in [6, 6.07) is 11.4. The molecule has 0 radical (unpaired) electrons. The second-order valence-corrected chi connectivity index (χ2v) is 8.68. The van der Waals surface area contributed by atoms with Gasteiger partial charge >= 0.3 is 5.91 Å². The molecule has 0 saturated carbocycles. The molecule has 2 aliphatic rings. The van der Waals surface area contributed by atoms with Gasteiger partial charge in [-0.25, -0.2) is 4.98 Å². The number of carbonyl (C=O) groups excluding carboxylic acids is 2. The molecule has 1 N–H and O–H groups in total. The van der Waals surface area contributed by atoms with Crippen LogP contribution < -0.4 is 14.4 Å². The van der Waals surface area contributed by atoms with Crippen molar-refractivity contribution in [2.45, 2.75) is 6.04 Å². The Bertz CT molecular complexity index is 1210. The summed E-state index contributed by atoms with van der Waals surface area (Å²) >= 11 is 4.65. The number of thiazole rings is 1. The van der Waals surface area contributed by atoms with Crippen molar-refractivity contribution in [2.75, 3.05) is 18.1 Å². The normalized spacial score (nSPS) is 19.6.